The van der Waals surface area contributed by atoms with Crippen molar-refractivity contribution in [3.05, 3.63) is 46.7 Å². The lowest BCUT2D eigenvalue weighted by molar-refractivity contribution is -0.118. The van der Waals surface area contributed by atoms with Crippen LogP contribution in [0.15, 0.2) is 41.8 Å². The summed E-state index contributed by atoms with van der Waals surface area (Å²) in [5.74, 6) is 0.0898. The van der Waals surface area contributed by atoms with Gasteiger partial charge in [-0.15, -0.1) is 11.3 Å². The number of hydrogen-bond donors (Lipinski definition) is 0. The van der Waals surface area contributed by atoms with E-state index in [1.165, 1.54) is 0 Å². The summed E-state index contributed by atoms with van der Waals surface area (Å²) < 4.78 is 6.86. The minimum Gasteiger partial charge on any atom is -0.376 e. The largest absolute Gasteiger partial charge is 0.376 e. The van der Waals surface area contributed by atoms with E-state index in [-0.39, 0.29) is 12.0 Å². The zero-order valence-electron chi connectivity index (χ0n) is 13.2. The van der Waals surface area contributed by atoms with Crippen molar-refractivity contribution in [2.45, 2.75) is 25.4 Å². The topological polar surface area (TPSA) is 42.4 Å². The molecule has 6 heteroatoms. The van der Waals surface area contributed by atoms with Gasteiger partial charge in [-0.25, -0.2) is 4.98 Å². The number of nitrogens with zero attached hydrogens (tertiary/aromatic N) is 2. The molecule has 1 fully saturated rings. The van der Waals surface area contributed by atoms with Crippen LogP contribution in [0.2, 0.25) is 0 Å². The fourth-order valence-corrected chi connectivity index (χ4v) is 4.60. The Labute approximate surface area is 148 Å². The van der Waals surface area contributed by atoms with Crippen LogP contribution in [0.3, 0.4) is 0 Å². The smallest absolute Gasteiger partial charge is 0.234 e. The van der Waals surface area contributed by atoms with Gasteiger partial charge in [0.2, 0.25) is 5.91 Å². The molecule has 1 atom stereocenters. The van der Waals surface area contributed by atoms with E-state index in [1.54, 1.807) is 22.7 Å². The second-order valence-electron chi connectivity index (χ2n) is 5.86. The molecule has 1 saturated heterocycles. The summed E-state index contributed by atoms with van der Waals surface area (Å²) in [5.41, 5.74) is 0.943. The highest BCUT2D eigenvalue weighted by Gasteiger charge is 2.26. The van der Waals surface area contributed by atoms with E-state index in [0.29, 0.717) is 13.0 Å². The van der Waals surface area contributed by atoms with Crippen molar-refractivity contribution in [3.8, 4) is 0 Å². The second kappa shape index (κ2) is 7.01. The van der Waals surface area contributed by atoms with Gasteiger partial charge in [0.25, 0.3) is 0 Å². The number of para-hydroxylation sites is 1. The number of benzene rings is 1. The summed E-state index contributed by atoms with van der Waals surface area (Å²) >= 11 is 3.19. The van der Waals surface area contributed by atoms with Crippen LogP contribution in [-0.4, -0.2) is 30.1 Å². The molecule has 0 saturated carbocycles. The second-order valence-corrected chi connectivity index (χ2v) is 7.90. The average molecular weight is 358 g/mol. The Kier molecular flexibility index (Phi) is 4.60. The standard InChI is InChI=1S/C18H18N2O2S2/c21-17(11-14-6-4-10-23-14)20(12-13-5-3-9-22-13)18-19-15-7-1-2-8-16(15)24-18/h1-2,4,6-8,10,13H,3,5,9,11-12H2. The number of anilines is 1. The third-order valence-electron chi connectivity index (χ3n) is 4.13. The molecule has 1 aliphatic rings. The summed E-state index contributed by atoms with van der Waals surface area (Å²) in [6.07, 6.45) is 2.61. The molecule has 124 valence electrons. The summed E-state index contributed by atoms with van der Waals surface area (Å²) in [5, 5.41) is 2.78. The number of amides is 1. The van der Waals surface area contributed by atoms with E-state index >= 15 is 0 Å². The third kappa shape index (κ3) is 3.36. The first-order chi connectivity index (χ1) is 11.8. The van der Waals surface area contributed by atoms with Crippen molar-refractivity contribution in [2.75, 3.05) is 18.1 Å². The van der Waals surface area contributed by atoms with E-state index in [0.717, 1.165) is 39.7 Å². The van der Waals surface area contributed by atoms with Crippen LogP contribution in [-0.2, 0) is 16.0 Å². The molecular weight excluding hydrogens is 340 g/mol. The van der Waals surface area contributed by atoms with Crippen molar-refractivity contribution in [1.82, 2.24) is 4.98 Å². The molecule has 24 heavy (non-hydrogen) atoms. The van der Waals surface area contributed by atoms with Gasteiger partial charge in [-0.2, -0.15) is 0 Å². The summed E-state index contributed by atoms with van der Waals surface area (Å²) in [6, 6.07) is 12.0. The molecule has 0 aliphatic carbocycles. The Hall–Kier alpha value is -1.76. The fourth-order valence-electron chi connectivity index (χ4n) is 2.91. The number of carbonyl (C=O) groups excluding carboxylic acids is 1. The van der Waals surface area contributed by atoms with E-state index in [1.807, 2.05) is 46.7 Å². The Bertz CT molecular complexity index is 790. The summed E-state index contributed by atoms with van der Waals surface area (Å²) in [7, 11) is 0. The molecule has 1 aliphatic heterocycles. The Balaban J connectivity index is 1.62. The van der Waals surface area contributed by atoms with Gasteiger partial charge in [-0.05, 0) is 36.4 Å². The van der Waals surface area contributed by atoms with Crippen LogP contribution in [0.25, 0.3) is 10.2 Å². The van der Waals surface area contributed by atoms with Gasteiger partial charge < -0.3 is 4.74 Å². The van der Waals surface area contributed by atoms with Crippen LogP contribution >= 0.6 is 22.7 Å². The zero-order valence-corrected chi connectivity index (χ0v) is 14.8. The highest BCUT2D eigenvalue weighted by molar-refractivity contribution is 7.22. The number of ether oxygens (including phenoxy) is 1. The lowest BCUT2D eigenvalue weighted by Crippen LogP contribution is -2.38. The lowest BCUT2D eigenvalue weighted by Gasteiger charge is -2.22. The molecule has 0 bridgehead atoms. The first-order valence-corrected chi connectivity index (χ1v) is 9.79. The van der Waals surface area contributed by atoms with Crippen molar-refractivity contribution in [3.63, 3.8) is 0 Å². The van der Waals surface area contributed by atoms with E-state index in [2.05, 4.69) is 4.98 Å². The highest BCUT2D eigenvalue weighted by Crippen LogP contribution is 2.30. The van der Waals surface area contributed by atoms with Gasteiger partial charge in [-0.1, -0.05) is 29.5 Å². The zero-order chi connectivity index (χ0) is 16.4. The number of thiophene rings is 1. The van der Waals surface area contributed by atoms with Gasteiger partial charge in [0.05, 0.1) is 29.3 Å². The predicted molar refractivity (Wildman–Crippen MR) is 99.0 cm³/mol. The van der Waals surface area contributed by atoms with Crippen molar-refractivity contribution in [2.24, 2.45) is 0 Å². The first-order valence-electron chi connectivity index (χ1n) is 8.09. The SMILES string of the molecule is O=C(Cc1cccs1)N(CC1CCCO1)c1nc2ccccc2s1. The lowest BCUT2D eigenvalue weighted by atomic mass is 10.2. The summed E-state index contributed by atoms with van der Waals surface area (Å²) in [6.45, 7) is 1.38. The first kappa shape index (κ1) is 15.7. The molecule has 0 N–H and O–H groups in total. The molecule has 3 aromatic rings. The molecular formula is C18H18N2O2S2. The number of fused-ring (bicyclic) bond motifs is 1. The average Bonchev–Trinajstić information content (AvgIpc) is 3.33. The Morgan fingerprint density at radius 3 is 2.96 bits per heavy atom. The molecule has 0 radical (unpaired) electrons. The number of hydrogen-bond acceptors (Lipinski definition) is 5. The minimum atomic E-state index is 0.0898. The Morgan fingerprint density at radius 1 is 1.29 bits per heavy atom. The van der Waals surface area contributed by atoms with Crippen LogP contribution in [0.4, 0.5) is 5.13 Å². The van der Waals surface area contributed by atoms with Crippen molar-refractivity contribution in [1.29, 1.82) is 0 Å². The normalized spacial score (nSPS) is 17.4. The maximum atomic E-state index is 12.9. The monoisotopic (exact) mass is 358 g/mol. The maximum absolute atomic E-state index is 12.9. The summed E-state index contributed by atoms with van der Waals surface area (Å²) in [4.78, 5) is 20.5. The van der Waals surface area contributed by atoms with Gasteiger partial charge in [0.1, 0.15) is 0 Å². The highest BCUT2D eigenvalue weighted by atomic mass is 32.1. The number of rotatable bonds is 5. The van der Waals surface area contributed by atoms with Gasteiger partial charge >= 0.3 is 0 Å². The molecule has 4 rings (SSSR count). The van der Waals surface area contributed by atoms with E-state index in [9.17, 15) is 4.79 Å². The van der Waals surface area contributed by atoms with Crippen LogP contribution in [0, 0.1) is 0 Å². The molecule has 3 heterocycles. The van der Waals surface area contributed by atoms with E-state index < -0.39 is 0 Å². The number of aromatic nitrogens is 1. The quantitative estimate of drug-likeness (QED) is 0.689. The fraction of sp³-hybridized carbons (Fsp3) is 0.333. The van der Waals surface area contributed by atoms with Crippen molar-refractivity contribution < 1.29 is 9.53 Å². The van der Waals surface area contributed by atoms with Crippen LogP contribution < -0.4 is 4.90 Å². The molecule has 2 aromatic heterocycles. The van der Waals surface area contributed by atoms with Gasteiger partial charge in [-0.3, -0.25) is 9.69 Å². The minimum absolute atomic E-state index is 0.0898. The molecule has 4 nitrogen and oxygen atoms in total. The third-order valence-corrected chi connectivity index (χ3v) is 6.07. The molecule has 1 aromatic carbocycles. The van der Waals surface area contributed by atoms with Gasteiger partial charge in [0.15, 0.2) is 5.13 Å². The number of carbonyl (C=O) groups is 1. The number of thiazole rings is 1. The Morgan fingerprint density at radius 2 is 2.21 bits per heavy atom. The van der Waals surface area contributed by atoms with Crippen LogP contribution in [0.5, 0.6) is 0 Å². The molecule has 1 unspecified atom stereocenters. The van der Waals surface area contributed by atoms with Crippen molar-refractivity contribution >= 4 is 43.9 Å². The molecule has 1 amide bonds. The van der Waals surface area contributed by atoms with Gasteiger partial charge in [0, 0.05) is 11.5 Å². The maximum Gasteiger partial charge on any atom is 0.234 e. The van der Waals surface area contributed by atoms with Crippen LogP contribution in [0.1, 0.15) is 17.7 Å². The van der Waals surface area contributed by atoms with E-state index in [4.69, 9.17) is 4.74 Å². The molecule has 0 spiro atoms. The predicted octanol–water partition coefficient (Wildman–Crippen LogP) is 4.11.